The number of hydrogen-bond acceptors (Lipinski definition) is 5. The molecule has 4 N–H and O–H groups in total. The molecule has 7 nitrogen and oxygen atoms in total. The Morgan fingerprint density at radius 2 is 2.18 bits per heavy atom. The summed E-state index contributed by atoms with van der Waals surface area (Å²) in [6, 6.07) is 1.23. The molecule has 0 saturated carbocycles. The fraction of sp³-hybridized carbons (Fsp3) is 0. The normalized spacial score (nSPS) is 11.4. The number of halogens is 1. The van der Waals surface area contributed by atoms with Crippen LogP contribution in [0.4, 0.5) is 11.5 Å². The van der Waals surface area contributed by atoms with Crippen LogP contribution in [0.1, 0.15) is 0 Å². The number of nitrogens with zero attached hydrogens (tertiary/aromatic N) is 2. The van der Waals surface area contributed by atoms with E-state index in [9.17, 15) is 8.42 Å². The Kier molecular flexibility index (Phi) is 2.90. The van der Waals surface area contributed by atoms with Gasteiger partial charge in [0, 0.05) is 12.4 Å². The molecule has 0 saturated heterocycles. The van der Waals surface area contributed by atoms with Crippen molar-refractivity contribution in [3.05, 3.63) is 29.7 Å². The Morgan fingerprint density at radius 1 is 1.41 bits per heavy atom. The predicted molar refractivity (Wildman–Crippen MR) is 63.1 cm³/mol. The molecule has 2 rings (SSSR count). The number of rotatable bonds is 3. The van der Waals surface area contributed by atoms with Gasteiger partial charge in [-0.1, -0.05) is 11.6 Å². The molecule has 90 valence electrons. The number of aromatic nitrogens is 3. The maximum atomic E-state index is 11.9. The molecule has 0 aromatic carbocycles. The van der Waals surface area contributed by atoms with E-state index in [1.54, 1.807) is 0 Å². The summed E-state index contributed by atoms with van der Waals surface area (Å²) in [5.74, 6) is 0.0777. The summed E-state index contributed by atoms with van der Waals surface area (Å²) in [5, 5.41) is 6.19. The molecular weight excluding hydrogens is 266 g/mol. The van der Waals surface area contributed by atoms with Crippen molar-refractivity contribution < 1.29 is 8.42 Å². The average molecular weight is 274 g/mol. The summed E-state index contributed by atoms with van der Waals surface area (Å²) in [4.78, 5) is 3.61. The highest BCUT2D eigenvalue weighted by Gasteiger charge is 2.16. The molecule has 0 bridgehead atoms. The highest BCUT2D eigenvalue weighted by Crippen LogP contribution is 2.21. The smallest absolute Gasteiger partial charge is 0.263 e. The summed E-state index contributed by atoms with van der Waals surface area (Å²) in [5.41, 5.74) is 5.71. The van der Waals surface area contributed by atoms with Crippen molar-refractivity contribution in [2.75, 3.05) is 10.5 Å². The Labute approximate surface area is 102 Å². The lowest BCUT2D eigenvalue weighted by molar-refractivity contribution is 0.601. The van der Waals surface area contributed by atoms with Gasteiger partial charge >= 0.3 is 0 Å². The van der Waals surface area contributed by atoms with Crippen LogP contribution >= 0.6 is 11.6 Å². The molecule has 0 fully saturated rings. The molecule has 0 aliphatic carbocycles. The molecular formula is C8H8ClN5O2S. The molecule has 0 radical (unpaired) electrons. The van der Waals surface area contributed by atoms with Crippen LogP contribution in [0.2, 0.25) is 5.02 Å². The third-order valence-corrected chi connectivity index (χ3v) is 3.56. The zero-order valence-corrected chi connectivity index (χ0v) is 9.96. The number of aromatic amines is 1. The fourth-order valence-corrected chi connectivity index (χ4v) is 2.33. The molecule has 2 heterocycles. The van der Waals surface area contributed by atoms with Gasteiger partial charge in [-0.25, -0.2) is 13.4 Å². The van der Waals surface area contributed by atoms with E-state index >= 15 is 0 Å². The van der Waals surface area contributed by atoms with E-state index in [1.807, 2.05) is 0 Å². The number of pyridine rings is 1. The van der Waals surface area contributed by atoms with Gasteiger partial charge in [-0.3, -0.25) is 9.82 Å². The number of nitrogens with one attached hydrogen (secondary N) is 2. The summed E-state index contributed by atoms with van der Waals surface area (Å²) >= 11 is 5.70. The lowest BCUT2D eigenvalue weighted by atomic mass is 10.5. The van der Waals surface area contributed by atoms with E-state index in [0.29, 0.717) is 5.69 Å². The minimum absolute atomic E-state index is 0.0714. The number of anilines is 2. The second-order valence-electron chi connectivity index (χ2n) is 3.13. The first kappa shape index (κ1) is 11.7. The maximum Gasteiger partial charge on any atom is 0.263 e. The zero-order valence-electron chi connectivity index (χ0n) is 8.38. The number of sulfonamides is 1. The Balaban J connectivity index is 2.35. The molecule has 0 unspecified atom stereocenters. The van der Waals surface area contributed by atoms with E-state index in [1.165, 1.54) is 18.5 Å². The van der Waals surface area contributed by atoms with E-state index in [4.69, 9.17) is 17.3 Å². The van der Waals surface area contributed by atoms with Crippen LogP contribution in [0, 0.1) is 0 Å². The van der Waals surface area contributed by atoms with Crippen molar-refractivity contribution in [1.29, 1.82) is 0 Å². The zero-order chi connectivity index (χ0) is 12.5. The quantitative estimate of drug-likeness (QED) is 0.767. The van der Waals surface area contributed by atoms with Gasteiger partial charge in [0.15, 0.2) is 0 Å². The molecule has 0 aliphatic heterocycles. The van der Waals surface area contributed by atoms with Crippen molar-refractivity contribution in [3.8, 4) is 0 Å². The first-order valence-electron chi connectivity index (χ1n) is 4.41. The first-order valence-corrected chi connectivity index (χ1v) is 6.28. The molecule has 9 heteroatoms. The third kappa shape index (κ3) is 2.48. The van der Waals surface area contributed by atoms with E-state index < -0.39 is 10.0 Å². The van der Waals surface area contributed by atoms with Gasteiger partial charge in [-0.2, -0.15) is 5.10 Å². The fourth-order valence-electron chi connectivity index (χ4n) is 1.10. The van der Waals surface area contributed by atoms with E-state index in [2.05, 4.69) is 19.9 Å². The van der Waals surface area contributed by atoms with Crippen LogP contribution in [0.5, 0.6) is 0 Å². The summed E-state index contributed by atoms with van der Waals surface area (Å²) in [6.07, 6.45) is 3.87. The van der Waals surface area contributed by atoms with Crippen molar-refractivity contribution in [3.63, 3.8) is 0 Å². The lowest BCUT2D eigenvalue weighted by Crippen LogP contribution is -2.13. The molecule has 2 aromatic heterocycles. The average Bonchev–Trinajstić information content (AvgIpc) is 2.73. The predicted octanol–water partition coefficient (Wildman–Crippen LogP) is 0.841. The second-order valence-corrected chi connectivity index (χ2v) is 5.22. The van der Waals surface area contributed by atoms with Crippen LogP contribution < -0.4 is 10.5 Å². The summed E-state index contributed by atoms with van der Waals surface area (Å²) in [7, 11) is -3.73. The lowest BCUT2D eigenvalue weighted by Gasteiger charge is -2.06. The summed E-state index contributed by atoms with van der Waals surface area (Å²) in [6.45, 7) is 0. The van der Waals surface area contributed by atoms with Gasteiger partial charge in [0.05, 0.1) is 16.9 Å². The molecule has 0 atom stereocenters. The van der Waals surface area contributed by atoms with Crippen molar-refractivity contribution in [2.24, 2.45) is 0 Å². The number of H-pyrrole nitrogens is 1. The maximum absolute atomic E-state index is 11.9. The van der Waals surface area contributed by atoms with Crippen LogP contribution in [0.25, 0.3) is 0 Å². The minimum Gasteiger partial charge on any atom is -0.382 e. The molecule has 0 amide bonds. The van der Waals surface area contributed by atoms with Gasteiger partial charge < -0.3 is 5.73 Å². The molecule has 0 spiro atoms. The minimum atomic E-state index is -3.73. The van der Waals surface area contributed by atoms with Crippen molar-refractivity contribution in [2.45, 2.75) is 4.90 Å². The standard InChI is InChI=1S/C8H8ClN5O2S/c9-7-1-6(4-11-8(7)10)17(15,16)14-5-2-12-13-3-5/h1-4,14H,(H2,10,11)(H,12,13). The SMILES string of the molecule is Nc1ncc(S(=O)(=O)Nc2cn[nH]c2)cc1Cl. The monoisotopic (exact) mass is 273 g/mol. The van der Waals surface area contributed by atoms with Crippen molar-refractivity contribution >= 4 is 33.1 Å². The number of nitrogen functional groups attached to an aromatic ring is 1. The first-order chi connectivity index (χ1) is 7.99. The Hall–Kier alpha value is -1.80. The van der Waals surface area contributed by atoms with Gasteiger partial charge in [-0.05, 0) is 6.07 Å². The van der Waals surface area contributed by atoms with Gasteiger partial charge in [0.25, 0.3) is 10.0 Å². The number of hydrogen-bond donors (Lipinski definition) is 3. The van der Waals surface area contributed by atoms with Gasteiger partial charge in [0.2, 0.25) is 0 Å². The van der Waals surface area contributed by atoms with Crippen LogP contribution in [-0.4, -0.2) is 23.6 Å². The molecule has 17 heavy (non-hydrogen) atoms. The van der Waals surface area contributed by atoms with E-state index in [0.717, 1.165) is 6.20 Å². The third-order valence-electron chi connectivity index (χ3n) is 1.91. The van der Waals surface area contributed by atoms with Crippen LogP contribution in [-0.2, 0) is 10.0 Å². The molecule has 2 aromatic rings. The second kappa shape index (κ2) is 4.22. The summed E-state index contributed by atoms with van der Waals surface area (Å²) < 4.78 is 26.0. The van der Waals surface area contributed by atoms with Gasteiger partial charge in [0.1, 0.15) is 10.7 Å². The molecule has 0 aliphatic rings. The highest BCUT2D eigenvalue weighted by molar-refractivity contribution is 7.92. The van der Waals surface area contributed by atoms with Crippen molar-refractivity contribution in [1.82, 2.24) is 15.2 Å². The Bertz CT molecular complexity index is 625. The van der Waals surface area contributed by atoms with Gasteiger partial charge in [-0.15, -0.1) is 0 Å². The van der Waals surface area contributed by atoms with Crippen LogP contribution in [0.3, 0.4) is 0 Å². The highest BCUT2D eigenvalue weighted by atomic mass is 35.5. The topological polar surface area (TPSA) is 114 Å². The van der Waals surface area contributed by atoms with E-state index in [-0.39, 0.29) is 15.7 Å². The Morgan fingerprint density at radius 3 is 2.76 bits per heavy atom. The van der Waals surface area contributed by atoms with Crippen LogP contribution in [0.15, 0.2) is 29.6 Å². The number of nitrogens with two attached hydrogens (primary N) is 1. The largest absolute Gasteiger partial charge is 0.382 e.